The normalized spacial score (nSPS) is 26.2. The van der Waals surface area contributed by atoms with Crippen molar-refractivity contribution in [2.45, 2.75) is 31.8 Å². The zero-order chi connectivity index (χ0) is 23.0. The van der Waals surface area contributed by atoms with Crippen molar-refractivity contribution in [2.75, 3.05) is 11.9 Å². The third-order valence-electron chi connectivity index (χ3n) is 5.68. The van der Waals surface area contributed by atoms with Crippen molar-refractivity contribution in [1.29, 1.82) is 0 Å². The lowest BCUT2D eigenvalue weighted by Gasteiger charge is -2.32. The van der Waals surface area contributed by atoms with Crippen LogP contribution in [-0.4, -0.2) is 29.9 Å². The first-order chi connectivity index (χ1) is 16.2. The van der Waals surface area contributed by atoms with Gasteiger partial charge in [-0.15, -0.1) is 0 Å². The largest absolute Gasteiger partial charge is 0.469 e. The van der Waals surface area contributed by atoms with Crippen molar-refractivity contribution in [3.8, 4) is 0 Å². The highest BCUT2D eigenvalue weighted by atomic mass is 16.5. The maximum atomic E-state index is 12.0. The second kappa shape index (κ2) is 10.5. The maximum absolute atomic E-state index is 12.0. The molecule has 3 aliphatic heterocycles. The minimum atomic E-state index is -0.517. The first kappa shape index (κ1) is 22.2. The van der Waals surface area contributed by atoms with E-state index in [4.69, 9.17) is 15.2 Å². The highest BCUT2D eigenvalue weighted by Crippen LogP contribution is 2.41. The van der Waals surface area contributed by atoms with Gasteiger partial charge in [0, 0.05) is 29.6 Å². The zero-order valence-corrected chi connectivity index (χ0v) is 18.6. The summed E-state index contributed by atoms with van der Waals surface area (Å²) >= 11 is 0. The molecule has 4 rings (SSSR count). The number of rotatable bonds is 2. The molecule has 1 amide bonds. The second-order valence-electron chi connectivity index (χ2n) is 7.79. The van der Waals surface area contributed by atoms with Crippen molar-refractivity contribution in [2.24, 2.45) is 10.7 Å². The van der Waals surface area contributed by atoms with E-state index in [0.29, 0.717) is 12.2 Å². The first-order valence-corrected chi connectivity index (χ1v) is 11.0. The van der Waals surface area contributed by atoms with E-state index in [-0.39, 0.29) is 12.0 Å². The molecule has 2 unspecified atom stereocenters. The van der Waals surface area contributed by atoms with Gasteiger partial charge in [-0.25, -0.2) is 4.99 Å². The minimum absolute atomic E-state index is 0.233. The Labute approximate surface area is 194 Å². The average molecular weight is 445 g/mol. The fourth-order valence-corrected chi connectivity index (χ4v) is 4.19. The molecular formula is C26H28N4O3. The summed E-state index contributed by atoms with van der Waals surface area (Å²) in [5.41, 5.74) is 9.46. The summed E-state index contributed by atoms with van der Waals surface area (Å²) in [6.07, 6.45) is 18.9. The lowest BCUT2D eigenvalue weighted by atomic mass is 9.84. The number of nitrogens with zero attached hydrogens (tertiary/aromatic N) is 2. The quantitative estimate of drug-likeness (QED) is 0.704. The molecule has 2 bridgehead atoms. The summed E-state index contributed by atoms with van der Waals surface area (Å²) in [6, 6.07) is 8.31. The van der Waals surface area contributed by atoms with Crippen LogP contribution in [-0.2, 0) is 14.3 Å². The molecule has 0 radical (unpaired) electrons. The van der Waals surface area contributed by atoms with E-state index < -0.39 is 5.91 Å². The van der Waals surface area contributed by atoms with Crippen LogP contribution in [0.2, 0.25) is 0 Å². The standard InChI is InChI=1S/C26H28N4O3/c1-2-20-21-10-7-8-12-23(21)29-26-22(20)11-6-4-3-5-9-15-32-18-28-13-14-30-17-19(33-26)16-24(30)25(27)31/h3-10,12-16,18-20,29H,2,11,17H2,1H3,(H2,27,31)/b5-3+,6-4+,14-13+,15-9+,28-18?. The lowest BCUT2D eigenvalue weighted by molar-refractivity contribution is -0.115. The fraction of sp³-hybridized carbons (Fsp3) is 0.231. The summed E-state index contributed by atoms with van der Waals surface area (Å²) < 4.78 is 11.6. The Hall–Kier alpha value is -4.00. The summed E-state index contributed by atoms with van der Waals surface area (Å²) in [7, 11) is 0. The molecule has 1 aromatic carbocycles. The summed E-state index contributed by atoms with van der Waals surface area (Å²) in [5.74, 6) is 0.449. The molecule has 7 nitrogen and oxygen atoms in total. The molecule has 3 N–H and O–H groups in total. The number of hydrogen-bond acceptors (Lipinski definition) is 6. The van der Waals surface area contributed by atoms with Crippen LogP contribution in [0, 0.1) is 0 Å². The average Bonchev–Trinajstić information content (AvgIpc) is 3.22. The molecule has 7 heteroatoms. The Kier molecular flexibility index (Phi) is 7.09. The number of nitrogens with two attached hydrogens (primary N) is 1. The number of para-hydroxylation sites is 1. The third-order valence-corrected chi connectivity index (χ3v) is 5.68. The van der Waals surface area contributed by atoms with Gasteiger partial charge in [-0.1, -0.05) is 49.4 Å². The Morgan fingerprint density at radius 3 is 2.94 bits per heavy atom. The molecule has 3 heterocycles. The number of hydrogen-bond donors (Lipinski definition) is 2. The third kappa shape index (κ3) is 5.26. The topological polar surface area (TPSA) is 89.2 Å². The predicted octanol–water partition coefficient (Wildman–Crippen LogP) is 4.43. The molecule has 0 saturated carbocycles. The van der Waals surface area contributed by atoms with E-state index >= 15 is 0 Å². The smallest absolute Gasteiger partial charge is 0.265 e. The first-order valence-electron chi connectivity index (χ1n) is 11.0. The van der Waals surface area contributed by atoms with Gasteiger partial charge in [0.15, 0.2) is 12.3 Å². The number of carbonyl (C=O) groups excluding carboxylic acids is 1. The summed E-state index contributed by atoms with van der Waals surface area (Å²) in [5, 5.41) is 3.48. The van der Waals surface area contributed by atoms with E-state index in [2.05, 4.69) is 41.5 Å². The van der Waals surface area contributed by atoms with Gasteiger partial charge in [0.25, 0.3) is 5.91 Å². The van der Waals surface area contributed by atoms with Crippen LogP contribution in [0.4, 0.5) is 5.69 Å². The number of benzene rings is 1. The lowest BCUT2D eigenvalue weighted by Crippen LogP contribution is -2.28. The monoisotopic (exact) mass is 444 g/mol. The van der Waals surface area contributed by atoms with Gasteiger partial charge >= 0.3 is 0 Å². The van der Waals surface area contributed by atoms with Gasteiger partial charge in [0.05, 0.1) is 12.8 Å². The highest BCUT2D eigenvalue weighted by Gasteiger charge is 2.31. The maximum Gasteiger partial charge on any atom is 0.265 e. The Bertz CT molecular complexity index is 1090. The molecule has 0 fully saturated rings. The predicted molar refractivity (Wildman–Crippen MR) is 130 cm³/mol. The van der Waals surface area contributed by atoms with Gasteiger partial charge in [-0.05, 0) is 36.6 Å². The fourth-order valence-electron chi connectivity index (χ4n) is 4.19. The Balaban J connectivity index is 1.71. The van der Waals surface area contributed by atoms with Crippen LogP contribution in [0.1, 0.15) is 31.2 Å². The number of aliphatic imine (C=N–C) groups is 1. The molecule has 0 aromatic heterocycles. The van der Waals surface area contributed by atoms with Crippen molar-refractivity contribution in [1.82, 2.24) is 4.90 Å². The van der Waals surface area contributed by atoms with Crippen molar-refractivity contribution in [3.05, 3.63) is 102 Å². The highest BCUT2D eigenvalue weighted by molar-refractivity contribution is 5.92. The molecule has 0 spiro atoms. The van der Waals surface area contributed by atoms with Crippen LogP contribution in [0.15, 0.2) is 102 Å². The van der Waals surface area contributed by atoms with E-state index in [1.807, 2.05) is 24.3 Å². The summed E-state index contributed by atoms with van der Waals surface area (Å²) in [6.45, 7) is 2.63. The molecule has 0 saturated heterocycles. The van der Waals surface area contributed by atoms with E-state index in [9.17, 15) is 4.79 Å². The van der Waals surface area contributed by atoms with Crippen LogP contribution >= 0.6 is 0 Å². The number of fused-ring (bicyclic) bond motifs is 3. The number of primary amides is 1. The van der Waals surface area contributed by atoms with Gasteiger partial charge in [0.2, 0.25) is 0 Å². The number of carbonyl (C=O) groups is 1. The molecular weight excluding hydrogens is 416 g/mol. The minimum Gasteiger partial charge on any atom is -0.469 e. The van der Waals surface area contributed by atoms with Crippen LogP contribution in [0.25, 0.3) is 0 Å². The Morgan fingerprint density at radius 1 is 1.24 bits per heavy atom. The van der Waals surface area contributed by atoms with Gasteiger partial charge in [0.1, 0.15) is 11.8 Å². The Morgan fingerprint density at radius 2 is 2.09 bits per heavy atom. The molecule has 2 atom stereocenters. The number of allylic oxidation sites excluding steroid dienone is 6. The SMILES string of the molecule is CCC1C2=C(Nc3ccccc31)OC1C=C(C(N)=O)N(/C=C/N=CO/C=C/C=C/C=C/C2)C1. The number of ether oxygens (including phenoxy) is 2. The van der Waals surface area contributed by atoms with E-state index in [1.54, 1.807) is 29.5 Å². The van der Waals surface area contributed by atoms with Crippen molar-refractivity contribution in [3.63, 3.8) is 0 Å². The molecule has 0 aliphatic carbocycles. The molecule has 3 aliphatic rings. The summed E-state index contributed by atoms with van der Waals surface area (Å²) in [4.78, 5) is 17.8. The van der Waals surface area contributed by atoms with Crippen LogP contribution < -0.4 is 11.1 Å². The number of amides is 1. The molecule has 1 aromatic rings. The molecule has 33 heavy (non-hydrogen) atoms. The van der Waals surface area contributed by atoms with Gasteiger partial charge in [-0.3, -0.25) is 4.79 Å². The van der Waals surface area contributed by atoms with Crippen molar-refractivity contribution < 1.29 is 14.3 Å². The van der Waals surface area contributed by atoms with Gasteiger partial charge < -0.3 is 25.4 Å². The number of nitrogens with one attached hydrogen (secondary N) is 1. The van der Waals surface area contributed by atoms with Crippen LogP contribution in [0.3, 0.4) is 0 Å². The molecule has 170 valence electrons. The van der Waals surface area contributed by atoms with Gasteiger partial charge in [-0.2, -0.15) is 0 Å². The van der Waals surface area contributed by atoms with E-state index in [0.717, 1.165) is 24.4 Å². The van der Waals surface area contributed by atoms with Crippen LogP contribution in [0.5, 0.6) is 0 Å². The second-order valence-corrected chi connectivity index (χ2v) is 7.79. The van der Waals surface area contributed by atoms with E-state index in [1.165, 1.54) is 23.8 Å². The van der Waals surface area contributed by atoms with Crippen molar-refractivity contribution >= 4 is 18.0 Å². The zero-order valence-electron chi connectivity index (χ0n) is 18.6. The number of anilines is 1.